The Morgan fingerprint density at radius 3 is 3.05 bits per heavy atom. The van der Waals surface area contributed by atoms with Gasteiger partial charge in [0.2, 0.25) is 0 Å². The first-order valence-corrected chi connectivity index (χ1v) is 8.79. The predicted molar refractivity (Wildman–Crippen MR) is 88.0 cm³/mol. The van der Waals surface area contributed by atoms with E-state index in [0.29, 0.717) is 5.92 Å². The van der Waals surface area contributed by atoms with Gasteiger partial charge in [0.1, 0.15) is 0 Å². The molecule has 0 radical (unpaired) electrons. The molecule has 1 aliphatic heterocycles. The van der Waals surface area contributed by atoms with Crippen LogP contribution in [0.3, 0.4) is 0 Å². The fourth-order valence-electron chi connectivity index (χ4n) is 3.73. The van der Waals surface area contributed by atoms with Crippen LogP contribution in [0, 0.1) is 11.3 Å². The highest BCUT2D eigenvalue weighted by molar-refractivity contribution is 7.15. The number of aromatic nitrogens is 1. The Morgan fingerprint density at radius 2 is 2.29 bits per heavy atom. The molecule has 0 saturated carbocycles. The van der Waals surface area contributed by atoms with Crippen molar-refractivity contribution in [2.75, 3.05) is 31.7 Å². The summed E-state index contributed by atoms with van der Waals surface area (Å²) < 4.78 is 5.33. The van der Waals surface area contributed by atoms with Crippen molar-refractivity contribution in [2.45, 2.75) is 45.6 Å². The molecule has 1 aliphatic carbocycles. The van der Waals surface area contributed by atoms with Crippen LogP contribution in [-0.2, 0) is 11.2 Å². The molecule has 2 unspecified atom stereocenters. The fraction of sp³-hybridized carbons (Fsp3) is 0.812. The number of hydrogen-bond donors (Lipinski definition) is 1. The molecule has 5 heteroatoms. The lowest BCUT2D eigenvalue weighted by Crippen LogP contribution is -2.37. The van der Waals surface area contributed by atoms with E-state index in [9.17, 15) is 0 Å². The van der Waals surface area contributed by atoms with Crippen LogP contribution >= 0.6 is 11.3 Å². The average Bonchev–Trinajstić information content (AvgIpc) is 2.82. The second-order valence-electron chi connectivity index (χ2n) is 7.37. The van der Waals surface area contributed by atoms with Crippen LogP contribution in [0.25, 0.3) is 0 Å². The minimum absolute atomic E-state index is 0.162. The molecule has 2 heterocycles. The summed E-state index contributed by atoms with van der Waals surface area (Å²) in [5, 5.41) is 1.17. The number of nitrogens with zero attached hydrogens (tertiary/aromatic N) is 2. The summed E-state index contributed by atoms with van der Waals surface area (Å²) >= 11 is 1.82. The van der Waals surface area contributed by atoms with Gasteiger partial charge in [-0.05, 0) is 37.0 Å². The third-order valence-electron chi connectivity index (χ3n) is 4.66. The van der Waals surface area contributed by atoms with E-state index in [-0.39, 0.29) is 11.5 Å². The van der Waals surface area contributed by atoms with E-state index in [1.807, 2.05) is 11.3 Å². The van der Waals surface area contributed by atoms with Crippen molar-refractivity contribution < 1.29 is 4.74 Å². The highest BCUT2D eigenvalue weighted by Crippen LogP contribution is 2.44. The fourth-order valence-corrected chi connectivity index (χ4v) is 4.84. The van der Waals surface area contributed by atoms with Crippen molar-refractivity contribution in [3.63, 3.8) is 0 Å². The molecule has 2 atom stereocenters. The summed E-state index contributed by atoms with van der Waals surface area (Å²) in [5.41, 5.74) is 7.89. The quantitative estimate of drug-likeness (QED) is 0.932. The van der Waals surface area contributed by atoms with Gasteiger partial charge in [-0.1, -0.05) is 25.2 Å². The van der Waals surface area contributed by atoms with Crippen LogP contribution in [0.15, 0.2) is 0 Å². The molecule has 0 spiro atoms. The van der Waals surface area contributed by atoms with Gasteiger partial charge in [0.15, 0.2) is 5.13 Å². The monoisotopic (exact) mass is 309 g/mol. The highest BCUT2D eigenvalue weighted by atomic mass is 32.1. The number of methoxy groups -OCH3 is 1. The Bertz CT molecular complexity index is 498. The Hall–Kier alpha value is -0.650. The molecule has 1 aromatic heterocycles. The summed E-state index contributed by atoms with van der Waals surface area (Å²) in [4.78, 5) is 8.70. The van der Waals surface area contributed by atoms with Gasteiger partial charge >= 0.3 is 0 Å². The molecular formula is C16H27N3OS. The van der Waals surface area contributed by atoms with Gasteiger partial charge in [-0.3, -0.25) is 0 Å². The number of fused-ring (bicyclic) bond motifs is 1. The first-order chi connectivity index (χ1) is 9.98. The van der Waals surface area contributed by atoms with E-state index in [4.69, 9.17) is 15.5 Å². The van der Waals surface area contributed by atoms with Crippen LogP contribution < -0.4 is 10.6 Å². The number of piperidine rings is 1. The third kappa shape index (κ3) is 3.25. The molecule has 2 N–H and O–H groups in total. The van der Waals surface area contributed by atoms with Gasteiger partial charge < -0.3 is 15.4 Å². The molecule has 4 nitrogen and oxygen atoms in total. The molecule has 21 heavy (non-hydrogen) atoms. The maximum atomic E-state index is 6.37. The van der Waals surface area contributed by atoms with E-state index < -0.39 is 0 Å². The molecule has 1 saturated heterocycles. The predicted octanol–water partition coefficient (Wildman–Crippen LogP) is 2.98. The zero-order chi connectivity index (χ0) is 15.0. The van der Waals surface area contributed by atoms with E-state index in [2.05, 4.69) is 18.7 Å². The molecular weight excluding hydrogens is 282 g/mol. The third-order valence-corrected chi connectivity index (χ3v) is 5.95. The van der Waals surface area contributed by atoms with E-state index in [1.54, 1.807) is 7.11 Å². The van der Waals surface area contributed by atoms with Crippen molar-refractivity contribution in [1.29, 1.82) is 0 Å². The van der Waals surface area contributed by atoms with Gasteiger partial charge in [-0.15, -0.1) is 0 Å². The van der Waals surface area contributed by atoms with Gasteiger partial charge in [0.25, 0.3) is 0 Å². The first kappa shape index (κ1) is 15.3. The first-order valence-electron chi connectivity index (χ1n) is 7.97. The normalized spacial score (nSPS) is 28.5. The molecule has 0 amide bonds. The van der Waals surface area contributed by atoms with Crippen molar-refractivity contribution >= 4 is 16.5 Å². The lowest BCUT2D eigenvalue weighted by molar-refractivity contribution is 0.143. The number of anilines is 1. The Labute approximate surface area is 131 Å². The molecule has 0 aromatic carbocycles. The SMILES string of the molecule is COCC1CCCN(c2nc3c(s2)C(N)CC(C)(C)C3)C1. The highest BCUT2D eigenvalue weighted by Gasteiger charge is 2.34. The minimum atomic E-state index is 0.162. The zero-order valence-corrected chi connectivity index (χ0v) is 14.2. The Morgan fingerprint density at radius 1 is 1.48 bits per heavy atom. The van der Waals surface area contributed by atoms with Crippen LogP contribution in [0.4, 0.5) is 5.13 Å². The summed E-state index contributed by atoms with van der Waals surface area (Å²) in [6.45, 7) is 7.63. The van der Waals surface area contributed by atoms with Crippen LogP contribution in [-0.4, -0.2) is 31.8 Å². The smallest absolute Gasteiger partial charge is 0.185 e. The maximum absolute atomic E-state index is 6.37. The minimum Gasteiger partial charge on any atom is -0.384 e. The van der Waals surface area contributed by atoms with E-state index in [0.717, 1.165) is 32.5 Å². The summed E-state index contributed by atoms with van der Waals surface area (Å²) in [6, 6.07) is 0.162. The number of thiazole rings is 1. The molecule has 2 aliphatic rings. The maximum Gasteiger partial charge on any atom is 0.185 e. The number of rotatable bonds is 3. The topological polar surface area (TPSA) is 51.4 Å². The summed E-state index contributed by atoms with van der Waals surface area (Å²) in [6.07, 6.45) is 4.62. The van der Waals surface area contributed by atoms with Crippen LogP contribution in [0.1, 0.15) is 49.7 Å². The van der Waals surface area contributed by atoms with Gasteiger partial charge in [0.05, 0.1) is 12.3 Å². The molecule has 1 aromatic rings. The lowest BCUT2D eigenvalue weighted by atomic mass is 9.77. The summed E-state index contributed by atoms with van der Waals surface area (Å²) in [5.74, 6) is 0.634. The lowest BCUT2D eigenvalue weighted by Gasteiger charge is -2.32. The number of nitrogens with two attached hydrogens (primary N) is 1. The molecule has 0 bridgehead atoms. The Balaban J connectivity index is 1.78. The number of hydrogen-bond acceptors (Lipinski definition) is 5. The van der Waals surface area contributed by atoms with Gasteiger partial charge in [-0.2, -0.15) is 0 Å². The van der Waals surface area contributed by atoms with Crippen LogP contribution in [0.5, 0.6) is 0 Å². The molecule has 3 rings (SSSR count). The van der Waals surface area contributed by atoms with Crippen molar-refractivity contribution in [1.82, 2.24) is 4.98 Å². The van der Waals surface area contributed by atoms with Crippen molar-refractivity contribution in [3.8, 4) is 0 Å². The van der Waals surface area contributed by atoms with Crippen LogP contribution in [0.2, 0.25) is 0 Å². The second kappa shape index (κ2) is 5.86. The molecule has 1 fully saturated rings. The zero-order valence-electron chi connectivity index (χ0n) is 13.4. The van der Waals surface area contributed by atoms with E-state index in [1.165, 1.54) is 28.5 Å². The van der Waals surface area contributed by atoms with Crippen molar-refractivity contribution in [2.24, 2.45) is 17.1 Å². The van der Waals surface area contributed by atoms with Crippen molar-refractivity contribution in [3.05, 3.63) is 10.6 Å². The Kier molecular flexibility index (Phi) is 4.26. The average molecular weight is 309 g/mol. The second-order valence-corrected chi connectivity index (χ2v) is 8.38. The van der Waals surface area contributed by atoms with E-state index >= 15 is 0 Å². The van der Waals surface area contributed by atoms with Gasteiger partial charge in [-0.25, -0.2) is 4.98 Å². The standard InChI is InChI=1S/C16H27N3OS/c1-16(2)7-12(17)14-13(8-16)18-15(21-14)19-6-4-5-11(9-19)10-20-3/h11-12H,4-10,17H2,1-3H3. The largest absolute Gasteiger partial charge is 0.384 e. The molecule has 118 valence electrons. The summed E-state index contributed by atoms with van der Waals surface area (Å²) in [7, 11) is 1.79. The number of ether oxygens (including phenoxy) is 1. The van der Waals surface area contributed by atoms with Gasteiger partial charge in [0, 0.05) is 31.1 Å².